The monoisotopic (exact) mass is 196 g/mol. The second-order valence-electron chi connectivity index (χ2n) is 4.07. The third kappa shape index (κ3) is 3.28. The van der Waals surface area contributed by atoms with Crippen molar-refractivity contribution >= 4 is 0 Å². The van der Waals surface area contributed by atoms with Gasteiger partial charge in [0.2, 0.25) is 0 Å². The molecule has 0 bridgehead atoms. The molecule has 1 aliphatic rings. The molecule has 3 nitrogen and oxygen atoms in total. The van der Waals surface area contributed by atoms with Crippen molar-refractivity contribution in [1.82, 2.24) is 4.90 Å². The second-order valence-corrected chi connectivity index (χ2v) is 4.07. The topological polar surface area (TPSA) is 36.3 Å². The van der Waals surface area contributed by atoms with Crippen LogP contribution in [0.5, 0.6) is 0 Å². The minimum absolute atomic E-state index is 0.292. The molecule has 0 amide bonds. The lowest BCUT2D eigenvalue weighted by Crippen LogP contribution is -2.40. The van der Waals surface area contributed by atoms with Crippen LogP contribution in [0.1, 0.15) is 26.2 Å². The SMILES string of the molecule is COCCC(C)N1CCC(C#N)CC1. The highest BCUT2D eigenvalue weighted by atomic mass is 16.5. The van der Waals surface area contributed by atoms with E-state index in [9.17, 15) is 0 Å². The predicted octanol–water partition coefficient (Wildman–Crippen LogP) is 1.65. The lowest BCUT2D eigenvalue weighted by atomic mass is 9.97. The number of nitriles is 1. The molecule has 0 radical (unpaired) electrons. The van der Waals surface area contributed by atoms with Crippen molar-refractivity contribution in [1.29, 1.82) is 5.26 Å². The molecule has 1 rings (SSSR count). The molecule has 0 aromatic carbocycles. The van der Waals surface area contributed by atoms with Gasteiger partial charge in [0.05, 0.1) is 6.07 Å². The van der Waals surface area contributed by atoms with E-state index in [-0.39, 0.29) is 0 Å². The predicted molar refractivity (Wildman–Crippen MR) is 55.9 cm³/mol. The fourth-order valence-electron chi connectivity index (χ4n) is 1.94. The van der Waals surface area contributed by atoms with Crippen molar-refractivity contribution in [3.63, 3.8) is 0 Å². The highest BCUT2D eigenvalue weighted by Crippen LogP contribution is 2.18. The largest absolute Gasteiger partial charge is 0.385 e. The minimum Gasteiger partial charge on any atom is -0.385 e. The van der Waals surface area contributed by atoms with Crippen LogP contribution in [-0.2, 0) is 4.74 Å². The number of nitrogens with zero attached hydrogens (tertiary/aromatic N) is 2. The normalized spacial score (nSPS) is 21.8. The molecule has 1 aliphatic heterocycles. The average molecular weight is 196 g/mol. The van der Waals surface area contributed by atoms with Gasteiger partial charge in [0.1, 0.15) is 0 Å². The van der Waals surface area contributed by atoms with E-state index in [1.54, 1.807) is 7.11 Å². The van der Waals surface area contributed by atoms with Gasteiger partial charge in [-0.1, -0.05) is 0 Å². The van der Waals surface area contributed by atoms with Crippen molar-refractivity contribution in [2.45, 2.75) is 32.2 Å². The fourth-order valence-corrected chi connectivity index (χ4v) is 1.94. The van der Waals surface area contributed by atoms with E-state index in [1.165, 1.54) is 0 Å². The van der Waals surface area contributed by atoms with Crippen LogP contribution in [0.2, 0.25) is 0 Å². The first-order chi connectivity index (χ1) is 6.77. The van der Waals surface area contributed by atoms with Gasteiger partial charge >= 0.3 is 0 Å². The van der Waals surface area contributed by atoms with Crippen LogP contribution in [0, 0.1) is 17.2 Å². The number of ether oxygens (including phenoxy) is 1. The summed E-state index contributed by atoms with van der Waals surface area (Å²) in [6, 6.07) is 2.95. The molecule has 1 unspecified atom stereocenters. The Balaban J connectivity index is 2.23. The number of likely N-dealkylation sites (tertiary alicyclic amines) is 1. The first kappa shape index (κ1) is 11.5. The van der Waals surface area contributed by atoms with Crippen molar-refractivity contribution in [3.8, 4) is 6.07 Å². The van der Waals surface area contributed by atoms with Crippen molar-refractivity contribution in [3.05, 3.63) is 0 Å². The molecular weight excluding hydrogens is 176 g/mol. The number of rotatable bonds is 4. The Morgan fingerprint density at radius 1 is 1.50 bits per heavy atom. The molecule has 0 aromatic rings. The molecule has 1 heterocycles. The van der Waals surface area contributed by atoms with Crippen LogP contribution in [0.3, 0.4) is 0 Å². The molecule has 0 aliphatic carbocycles. The van der Waals surface area contributed by atoms with Gasteiger partial charge in [-0.05, 0) is 39.3 Å². The quantitative estimate of drug-likeness (QED) is 0.686. The van der Waals surface area contributed by atoms with Gasteiger partial charge in [-0.2, -0.15) is 5.26 Å². The van der Waals surface area contributed by atoms with Gasteiger partial charge in [-0.3, -0.25) is 0 Å². The molecule has 80 valence electrons. The van der Waals surface area contributed by atoms with Crippen LogP contribution >= 0.6 is 0 Å². The van der Waals surface area contributed by atoms with Crippen molar-refractivity contribution in [2.75, 3.05) is 26.8 Å². The molecule has 3 heteroatoms. The molecule has 0 spiro atoms. The van der Waals surface area contributed by atoms with Gasteiger partial charge in [-0.15, -0.1) is 0 Å². The van der Waals surface area contributed by atoms with Crippen LogP contribution in [-0.4, -0.2) is 37.7 Å². The summed E-state index contributed by atoms with van der Waals surface area (Å²) in [4.78, 5) is 2.47. The summed E-state index contributed by atoms with van der Waals surface area (Å²) in [6.07, 6.45) is 3.16. The zero-order valence-electron chi connectivity index (χ0n) is 9.20. The standard InChI is InChI=1S/C11H20N2O/c1-10(5-8-14-2)13-6-3-11(9-12)4-7-13/h10-11H,3-8H2,1-2H3. The van der Waals surface area contributed by atoms with E-state index in [2.05, 4.69) is 17.9 Å². The van der Waals surface area contributed by atoms with E-state index in [0.717, 1.165) is 39.0 Å². The first-order valence-electron chi connectivity index (χ1n) is 5.40. The van der Waals surface area contributed by atoms with E-state index < -0.39 is 0 Å². The number of methoxy groups -OCH3 is 1. The summed E-state index contributed by atoms with van der Waals surface area (Å²) in [5.41, 5.74) is 0. The smallest absolute Gasteiger partial charge is 0.0656 e. The molecule has 14 heavy (non-hydrogen) atoms. The summed E-state index contributed by atoms with van der Waals surface area (Å²) in [6.45, 7) is 5.22. The highest BCUT2D eigenvalue weighted by molar-refractivity contribution is 4.88. The summed E-state index contributed by atoms with van der Waals surface area (Å²) >= 11 is 0. The maximum Gasteiger partial charge on any atom is 0.0656 e. The Morgan fingerprint density at radius 2 is 2.14 bits per heavy atom. The van der Waals surface area contributed by atoms with Gasteiger partial charge < -0.3 is 9.64 Å². The Kier molecular flexibility index (Phi) is 4.92. The number of piperidine rings is 1. The van der Waals surface area contributed by atoms with E-state index in [0.29, 0.717) is 12.0 Å². The molecule has 0 N–H and O–H groups in total. The summed E-state index contributed by atoms with van der Waals surface area (Å²) < 4.78 is 5.07. The molecule has 1 saturated heterocycles. The Morgan fingerprint density at radius 3 is 2.64 bits per heavy atom. The van der Waals surface area contributed by atoms with Crippen molar-refractivity contribution in [2.24, 2.45) is 5.92 Å². The summed E-state index contributed by atoms with van der Waals surface area (Å²) in [5, 5.41) is 8.77. The fraction of sp³-hybridized carbons (Fsp3) is 0.909. The lowest BCUT2D eigenvalue weighted by molar-refractivity contribution is 0.115. The molecule has 1 atom stereocenters. The number of hydrogen-bond donors (Lipinski definition) is 0. The van der Waals surface area contributed by atoms with Gasteiger partial charge in [0.15, 0.2) is 0 Å². The lowest BCUT2D eigenvalue weighted by Gasteiger charge is -2.33. The summed E-state index contributed by atoms with van der Waals surface area (Å²) in [7, 11) is 1.74. The van der Waals surface area contributed by atoms with Crippen LogP contribution in [0.4, 0.5) is 0 Å². The third-order valence-electron chi connectivity index (χ3n) is 3.08. The highest BCUT2D eigenvalue weighted by Gasteiger charge is 2.21. The van der Waals surface area contributed by atoms with Crippen LogP contribution in [0.15, 0.2) is 0 Å². The molecular formula is C11H20N2O. The maximum atomic E-state index is 8.77. The Bertz CT molecular complexity index is 192. The van der Waals surface area contributed by atoms with Gasteiger partial charge in [0, 0.05) is 25.7 Å². The third-order valence-corrected chi connectivity index (χ3v) is 3.08. The van der Waals surface area contributed by atoms with Crippen LogP contribution in [0.25, 0.3) is 0 Å². The molecule has 0 saturated carbocycles. The maximum absolute atomic E-state index is 8.77. The van der Waals surface area contributed by atoms with E-state index in [1.807, 2.05) is 0 Å². The van der Waals surface area contributed by atoms with E-state index in [4.69, 9.17) is 10.00 Å². The second kappa shape index (κ2) is 6.00. The first-order valence-corrected chi connectivity index (χ1v) is 5.40. The van der Waals surface area contributed by atoms with Crippen molar-refractivity contribution < 1.29 is 4.74 Å². The summed E-state index contributed by atoms with van der Waals surface area (Å²) in [5.74, 6) is 0.292. The van der Waals surface area contributed by atoms with Crippen LogP contribution < -0.4 is 0 Å². The van der Waals surface area contributed by atoms with Gasteiger partial charge in [-0.25, -0.2) is 0 Å². The minimum atomic E-state index is 0.292. The average Bonchev–Trinajstić information content (AvgIpc) is 2.26. The molecule has 1 fully saturated rings. The Hall–Kier alpha value is -0.590. The van der Waals surface area contributed by atoms with Gasteiger partial charge in [0.25, 0.3) is 0 Å². The van der Waals surface area contributed by atoms with E-state index >= 15 is 0 Å². The zero-order chi connectivity index (χ0) is 10.4. The molecule has 0 aromatic heterocycles. The Labute approximate surface area is 86.6 Å². The zero-order valence-corrected chi connectivity index (χ0v) is 9.20. The number of hydrogen-bond acceptors (Lipinski definition) is 3.